The molecule has 0 heterocycles. The molecule has 0 aromatic rings. The molecule has 8 heavy (non-hydrogen) atoms. The Morgan fingerprint density at radius 1 is 1.12 bits per heavy atom. The van der Waals surface area contributed by atoms with Gasteiger partial charge in [0, 0.05) is 5.54 Å². The second kappa shape index (κ2) is 6.49. The minimum absolute atomic E-state index is 0. The van der Waals surface area contributed by atoms with Crippen LogP contribution in [-0.4, -0.2) is 53.7 Å². The van der Waals surface area contributed by atoms with Crippen LogP contribution in [0.25, 0.3) is 0 Å². The second-order valence-electron chi connectivity index (χ2n) is 2.50. The van der Waals surface area contributed by atoms with Gasteiger partial charge >= 0.3 is 37.7 Å². The molecule has 0 bridgehead atoms. The van der Waals surface area contributed by atoms with Gasteiger partial charge in [-0.3, -0.25) is 0 Å². The van der Waals surface area contributed by atoms with E-state index in [2.05, 4.69) is 25.8 Å². The molecule has 0 saturated carbocycles. The molecule has 0 aliphatic rings. The minimum atomic E-state index is 0. The third-order valence-corrected chi connectivity index (χ3v) is 2.25. The molecule has 42 valence electrons. The van der Waals surface area contributed by atoms with Crippen molar-refractivity contribution in [3.63, 3.8) is 0 Å². The van der Waals surface area contributed by atoms with E-state index in [9.17, 15) is 0 Å². The summed E-state index contributed by atoms with van der Waals surface area (Å²) in [5, 5.41) is 0. The third kappa shape index (κ3) is 15.7. The predicted molar refractivity (Wildman–Crippen MR) is 47.1 cm³/mol. The van der Waals surface area contributed by atoms with Gasteiger partial charge in [-0.2, -0.15) is 0 Å². The van der Waals surface area contributed by atoms with Gasteiger partial charge in [-0.15, -0.1) is 0 Å². The first-order valence-corrected chi connectivity index (χ1v) is 3.25. The van der Waals surface area contributed by atoms with Gasteiger partial charge < -0.3 is 4.98 Å². The van der Waals surface area contributed by atoms with E-state index in [0.29, 0.717) is 5.54 Å². The fourth-order valence-electron chi connectivity index (χ4n) is 0. The van der Waals surface area contributed by atoms with Gasteiger partial charge in [0.05, 0.1) is 10.4 Å². The first-order valence-electron chi connectivity index (χ1n) is 2.25. The van der Waals surface area contributed by atoms with Gasteiger partial charge in [-0.1, -0.05) is 0 Å². The van der Waals surface area contributed by atoms with Crippen molar-refractivity contribution in [2.45, 2.75) is 26.3 Å². The van der Waals surface area contributed by atoms with Gasteiger partial charge in [-0.05, 0) is 20.8 Å². The second-order valence-corrected chi connectivity index (χ2v) is 3.00. The first-order chi connectivity index (χ1) is 2.56. The fraction of sp³-hybridized carbons (Fsp3) is 1.00. The molecule has 0 spiro atoms. The predicted octanol–water partition coefficient (Wildman–Crippen LogP) is -1.64. The summed E-state index contributed by atoms with van der Waals surface area (Å²) in [6.07, 6.45) is 0. The maximum absolute atomic E-state index is 3.24. The van der Waals surface area contributed by atoms with E-state index in [-0.39, 0.29) is 37.7 Å². The Hall–Kier alpha value is 1.37. The Kier molecular flexibility index (Phi) is 13.1. The first kappa shape index (κ1) is 16.2. The molecular weight excluding hydrogens is 104 g/mol. The summed E-state index contributed by atoms with van der Waals surface area (Å²) in [5.74, 6) is 0. The van der Waals surface area contributed by atoms with Crippen molar-refractivity contribution in [2.24, 2.45) is 0 Å². The molecule has 0 unspecified atom stereocenters. The summed E-state index contributed by atoms with van der Waals surface area (Å²) in [5.41, 5.74) is 0.353. The van der Waals surface area contributed by atoms with Crippen molar-refractivity contribution in [1.82, 2.24) is 4.98 Å². The Bertz CT molecular complexity index is 43.8. The van der Waals surface area contributed by atoms with Crippen LogP contribution in [0.5, 0.6) is 0 Å². The Labute approximate surface area is 79.2 Å². The zero-order valence-corrected chi connectivity index (χ0v) is 7.00. The molecule has 1 nitrogen and oxygen atoms in total. The summed E-state index contributed by atoms with van der Waals surface area (Å²) >= 11 is 0. The molecule has 0 aliphatic heterocycles. The van der Waals surface area contributed by atoms with Crippen LogP contribution in [0.1, 0.15) is 20.8 Å². The van der Waals surface area contributed by atoms with Crippen LogP contribution in [-0.2, 0) is 0 Å². The van der Waals surface area contributed by atoms with Gasteiger partial charge in [-0.25, -0.2) is 0 Å². The summed E-state index contributed by atoms with van der Waals surface area (Å²) in [6, 6.07) is 0. The van der Waals surface area contributed by atoms with E-state index in [4.69, 9.17) is 0 Å². The van der Waals surface area contributed by atoms with Gasteiger partial charge in [0.2, 0.25) is 0 Å². The molecule has 0 amide bonds. The number of nitrogens with one attached hydrogen (secondary N) is 1. The molecule has 1 N–H and O–H groups in total. The van der Waals surface area contributed by atoms with Gasteiger partial charge in [0.25, 0.3) is 0 Å². The average Bonchev–Trinajstić information content (AvgIpc) is 1.35. The topological polar surface area (TPSA) is 12.0 Å². The normalized spacial score (nSPS) is 9.38. The fourth-order valence-corrected chi connectivity index (χ4v) is 0. The Balaban J connectivity index is -0.000000125. The molecule has 0 atom stereocenters. The van der Waals surface area contributed by atoms with Crippen LogP contribution in [0.2, 0.25) is 0 Å². The molecule has 0 aromatic heterocycles. The molecule has 0 radical (unpaired) electrons. The average molecular weight is 119 g/mol. The monoisotopic (exact) mass is 119 g/mol. The Morgan fingerprint density at radius 3 is 1.25 bits per heavy atom. The van der Waals surface area contributed by atoms with Crippen molar-refractivity contribution < 1.29 is 0 Å². The summed E-state index contributed by atoms with van der Waals surface area (Å²) in [4.78, 5) is 3.24. The number of hydrogen-bond donors (Lipinski definition) is 1. The van der Waals surface area contributed by atoms with Crippen LogP contribution in [0, 0.1) is 0 Å². The van der Waals surface area contributed by atoms with Crippen molar-refractivity contribution in [2.75, 3.05) is 0 Å². The van der Waals surface area contributed by atoms with Gasteiger partial charge in [0.15, 0.2) is 0 Å². The van der Waals surface area contributed by atoms with Crippen molar-refractivity contribution in [3.8, 4) is 0 Å². The van der Waals surface area contributed by atoms with Crippen LogP contribution >= 0.6 is 0 Å². The van der Waals surface area contributed by atoms with Crippen LogP contribution in [0.3, 0.4) is 0 Å². The van der Waals surface area contributed by atoms with Crippen molar-refractivity contribution >= 4 is 48.1 Å². The molecule has 0 rings (SSSR count). The SMILES string of the molecule is CC(C)(C)N[SiH3].[LiH].[LiH]. The number of hydrogen-bond acceptors (Lipinski definition) is 1. The van der Waals surface area contributed by atoms with Crippen LogP contribution in [0.4, 0.5) is 0 Å². The number of rotatable bonds is 0. The zero-order chi connectivity index (χ0) is 5.21. The van der Waals surface area contributed by atoms with Crippen molar-refractivity contribution in [3.05, 3.63) is 0 Å². The summed E-state index contributed by atoms with van der Waals surface area (Å²) < 4.78 is 0. The van der Waals surface area contributed by atoms with E-state index >= 15 is 0 Å². The van der Waals surface area contributed by atoms with Gasteiger partial charge in [0.1, 0.15) is 0 Å². The quantitative estimate of drug-likeness (QED) is 0.377. The van der Waals surface area contributed by atoms with E-state index in [1.165, 1.54) is 0 Å². The molecule has 0 fully saturated rings. The maximum atomic E-state index is 3.24. The molecule has 4 heteroatoms. The third-order valence-electron chi connectivity index (χ3n) is 0.750. The molecule has 0 aromatic carbocycles. The molecular formula is C4H15Li2NSi. The Morgan fingerprint density at radius 2 is 1.25 bits per heavy atom. The van der Waals surface area contributed by atoms with E-state index in [1.54, 1.807) is 0 Å². The van der Waals surface area contributed by atoms with Crippen LogP contribution in [0.15, 0.2) is 0 Å². The van der Waals surface area contributed by atoms with Crippen LogP contribution < -0.4 is 4.98 Å². The van der Waals surface area contributed by atoms with E-state index in [1.807, 2.05) is 0 Å². The van der Waals surface area contributed by atoms with E-state index < -0.39 is 0 Å². The summed E-state index contributed by atoms with van der Waals surface area (Å²) in [7, 11) is 1.10. The summed E-state index contributed by atoms with van der Waals surface area (Å²) in [6.45, 7) is 6.50. The standard InChI is InChI=1S/C4H13NSi.2Li.2H/c1-4(2,3)5-6;;;;/h5H,1-3,6H3;;;;. The molecule has 0 saturated heterocycles. The van der Waals surface area contributed by atoms with Crippen molar-refractivity contribution in [1.29, 1.82) is 0 Å². The molecule has 0 aliphatic carbocycles. The zero-order valence-electron chi connectivity index (χ0n) is 5.00. The van der Waals surface area contributed by atoms with E-state index in [0.717, 1.165) is 10.4 Å².